The summed E-state index contributed by atoms with van der Waals surface area (Å²) in [6.45, 7) is 1.11. The third-order valence-corrected chi connectivity index (χ3v) is 4.51. The van der Waals surface area contributed by atoms with Crippen LogP contribution in [0.25, 0.3) is 28.2 Å². The lowest BCUT2D eigenvalue weighted by molar-refractivity contribution is 0.0943. The largest absolute Gasteiger partial charge is 0.385 e. The molecular formula is C21H21N7O2. The first-order chi connectivity index (χ1) is 14.7. The molecule has 0 radical (unpaired) electrons. The van der Waals surface area contributed by atoms with Crippen molar-refractivity contribution in [2.75, 3.05) is 26.0 Å². The Hall–Kier alpha value is -3.85. The van der Waals surface area contributed by atoms with E-state index < -0.39 is 0 Å². The molecule has 4 rings (SSSR count). The molecule has 0 aliphatic carbocycles. The molecule has 9 heteroatoms. The summed E-state index contributed by atoms with van der Waals surface area (Å²) < 4.78 is 6.59. The molecule has 4 aromatic heterocycles. The van der Waals surface area contributed by atoms with Gasteiger partial charge in [0.1, 0.15) is 5.69 Å². The Morgan fingerprint density at radius 2 is 2.03 bits per heavy atom. The highest BCUT2D eigenvalue weighted by molar-refractivity contribution is 5.92. The number of nitrogens with one attached hydrogen (secondary N) is 1. The molecule has 0 aromatic carbocycles. The van der Waals surface area contributed by atoms with E-state index in [1.807, 2.05) is 24.3 Å². The fraction of sp³-hybridized carbons (Fsp3) is 0.190. The quantitative estimate of drug-likeness (QED) is 0.454. The van der Waals surface area contributed by atoms with Gasteiger partial charge in [-0.25, -0.2) is 14.5 Å². The fourth-order valence-electron chi connectivity index (χ4n) is 3.07. The number of methoxy groups -OCH3 is 1. The molecule has 30 heavy (non-hydrogen) atoms. The molecule has 1 amide bonds. The second kappa shape index (κ2) is 8.66. The SMILES string of the molecule is COCCCNC(=O)c1cccc(-c2cnc3c(-c4ccccn4)c(N)nn3c2)n1. The molecule has 4 heterocycles. The van der Waals surface area contributed by atoms with Crippen LogP contribution >= 0.6 is 0 Å². The summed E-state index contributed by atoms with van der Waals surface area (Å²) >= 11 is 0. The van der Waals surface area contributed by atoms with Crippen molar-refractivity contribution in [3.05, 3.63) is 60.7 Å². The third kappa shape index (κ3) is 3.96. The van der Waals surface area contributed by atoms with Crippen LogP contribution in [0.2, 0.25) is 0 Å². The Labute approximate surface area is 173 Å². The molecule has 0 saturated carbocycles. The Morgan fingerprint density at radius 1 is 1.17 bits per heavy atom. The number of anilines is 1. The average molecular weight is 403 g/mol. The van der Waals surface area contributed by atoms with E-state index in [2.05, 4.69) is 25.4 Å². The number of carbonyl (C=O) groups excluding carboxylic acids is 1. The van der Waals surface area contributed by atoms with E-state index in [1.165, 1.54) is 0 Å². The van der Waals surface area contributed by atoms with Crippen LogP contribution in [0.3, 0.4) is 0 Å². The number of pyridine rings is 2. The third-order valence-electron chi connectivity index (χ3n) is 4.51. The molecule has 0 fully saturated rings. The number of amides is 1. The second-order valence-electron chi connectivity index (χ2n) is 6.60. The number of hydrogen-bond donors (Lipinski definition) is 2. The van der Waals surface area contributed by atoms with Crippen LogP contribution in [0.4, 0.5) is 5.82 Å². The van der Waals surface area contributed by atoms with Gasteiger partial charge in [0.05, 0.1) is 17.0 Å². The number of hydrogen-bond acceptors (Lipinski definition) is 7. The Kier molecular flexibility index (Phi) is 5.62. The maximum absolute atomic E-state index is 12.3. The Balaban J connectivity index is 1.62. The fourth-order valence-corrected chi connectivity index (χ4v) is 3.07. The summed E-state index contributed by atoms with van der Waals surface area (Å²) in [6.07, 6.45) is 5.91. The van der Waals surface area contributed by atoms with Crippen LogP contribution in [0.15, 0.2) is 55.0 Å². The van der Waals surface area contributed by atoms with Gasteiger partial charge in [0.25, 0.3) is 5.91 Å². The summed E-state index contributed by atoms with van der Waals surface area (Å²) in [7, 11) is 1.63. The summed E-state index contributed by atoms with van der Waals surface area (Å²) in [5.41, 5.74) is 9.76. The topological polar surface area (TPSA) is 120 Å². The van der Waals surface area contributed by atoms with Gasteiger partial charge in [-0.1, -0.05) is 12.1 Å². The minimum Gasteiger partial charge on any atom is -0.385 e. The van der Waals surface area contributed by atoms with Crippen LogP contribution < -0.4 is 11.1 Å². The number of aromatic nitrogens is 5. The van der Waals surface area contributed by atoms with Crippen LogP contribution in [-0.2, 0) is 4.74 Å². The van der Waals surface area contributed by atoms with E-state index in [4.69, 9.17) is 10.5 Å². The predicted molar refractivity (Wildman–Crippen MR) is 113 cm³/mol. The standard InChI is InChI=1S/C21H21N7O2/c1-30-11-5-10-24-21(29)17-8-4-7-15(26-17)14-12-25-20-18(16-6-2-3-9-23-16)19(22)27-28(20)13-14/h2-4,6-9,12-13H,5,10-11H2,1H3,(H2,22,27)(H,24,29). The maximum atomic E-state index is 12.3. The molecule has 0 spiro atoms. The van der Waals surface area contributed by atoms with Gasteiger partial charge >= 0.3 is 0 Å². The molecule has 152 valence electrons. The zero-order chi connectivity index (χ0) is 20.9. The Bertz CT molecular complexity index is 1170. The predicted octanol–water partition coefficient (Wildman–Crippen LogP) is 2.20. The second-order valence-corrected chi connectivity index (χ2v) is 6.60. The number of nitrogens with zero attached hydrogens (tertiary/aromatic N) is 5. The van der Waals surface area contributed by atoms with Gasteiger partial charge in [0, 0.05) is 44.4 Å². The van der Waals surface area contributed by atoms with Crippen molar-refractivity contribution >= 4 is 17.4 Å². The molecule has 0 unspecified atom stereocenters. The van der Waals surface area contributed by atoms with Crippen molar-refractivity contribution < 1.29 is 9.53 Å². The molecule has 0 aliphatic rings. The van der Waals surface area contributed by atoms with Crippen molar-refractivity contribution in [3.8, 4) is 22.5 Å². The van der Waals surface area contributed by atoms with E-state index in [9.17, 15) is 4.79 Å². The first-order valence-corrected chi connectivity index (χ1v) is 9.47. The highest BCUT2D eigenvalue weighted by atomic mass is 16.5. The highest BCUT2D eigenvalue weighted by Gasteiger charge is 2.16. The lowest BCUT2D eigenvalue weighted by atomic mass is 10.2. The van der Waals surface area contributed by atoms with Crippen molar-refractivity contribution in [3.63, 3.8) is 0 Å². The smallest absolute Gasteiger partial charge is 0.269 e. The zero-order valence-corrected chi connectivity index (χ0v) is 16.4. The molecule has 3 N–H and O–H groups in total. The maximum Gasteiger partial charge on any atom is 0.269 e. The Morgan fingerprint density at radius 3 is 2.83 bits per heavy atom. The van der Waals surface area contributed by atoms with Crippen LogP contribution in [0, 0.1) is 0 Å². The lowest BCUT2D eigenvalue weighted by Gasteiger charge is -2.07. The van der Waals surface area contributed by atoms with Gasteiger partial charge < -0.3 is 15.8 Å². The van der Waals surface area contributed by atoms with E-state index >= 15 is 0 Å². The summed E-state index contributed by atoms with van der Waals surface area (Å²) in [6, 6.07) is 10.9. The summed E-state index contributed by atoms with van der Waals surface area (Å²) in [4.78, 5) is 25.7. The normalized spacial score (nSPS) is 11.0. The molecule has 0 saturated heterocycles. The number of fused-ring (bicyclic) bond motifs is 1. The monoisotopic (exact) mass is 403 g/mol. The van der Waals surface area contributed by atoms with E-state index in [0.717, 1.165) is 6.42 Å². The van der Waals surface area contributed by atoms with Crippen molar-refractivity contribution in [1.29, 1.82) is 0 Å². The number of carbonyl (C=O) groups is 1. The lowest BCUT2D eigenvalue weighted by Crippen LogP contribution is -2.26. The summed E-state index contributed by atoms with van der Waals surface area (Å²) in [5.74, 6) is 0.109. The summed E-state index contributed by atoms with van der Waals surface area (Å²) in [5, 5.41) is 7.20. The van der Waals surface area contributed by atoms with E-state index in [0.29, 0.717) is 52.8 Å². The van der Waals surface area contributed by atoms with Crippen LogP contribution in [0.5, 0.6) is 0 Å². The first kappa shape index (κ1) is 19.5. The van der Waals surface area contributed by atoms with Gasteiger partial charge in [-0.05, 0) is 30.7 Å². The highest BCUT2D eigenvalue weighted by Crippen LogP contribution is 2.28. The van der Waals surface area contributed by atoms with Gasteiger partial charge in [0.2, 0.25) is 0 Å². The minimum absolute atomic E-state index is 0.234. The number of nitrogens with two attached hydrogens (primary N) is 1. The minimum atomic E-state index is -0.234. The number of ether oxygens (including phenoxy) is 1. The molecule has 0 aliphatic heterocycles. The van der Waals surface area contributed by atoms with Crippen molar-refractivity contribution in [2.45, 2.75) is 6.42 Å². The van der Waals surface area contributed by atoms with Gasteiger partial charge in [-0.3, -0.25) is 9.78 Å². The van der Waals surface area contributed by atoms with Crippen molar-refractivity contribution in [2.24, 2.45) is 0 Å². The van der Waals surface area contributed by atoms with Gasteiger partial charge in [-0.15, -0.1) is 5.10 Å². The van der Waals surface area contributed by atoms with E-state index in [-0.39, 0.29) is 5.91 Å². The molecule has 0 atom stereocenters. The van der Waals surface area contributed by atoms with Gasteiger partial charge in [-0.2, -0.15) is 0 Å². The van der Waals surface area contributed by atoms with Crippen LogP contribution in [-0.4, -0.2) is 50.7 Å². The zero-order valence-electron chi connectivity index (χ0n) is 16.4. The first-order valence-electron chi connectivity index (χ1n) is 9.47. The van der Waals surface area contributed by atoms with Crippen LogP contribution in [0.1, 0.15) is 16.9 Å². The molecule has 0 bridgehead atoms. The molecule has 4 aromatic rings. The van der Waals surface area contributed by atoms with Crippen molar-refractivity contribution in [1.82, 2.24) is 29.9 Å². The molecular weight excluding hydrogens is 382 g/mol. The average Bonchev–Trinajstić information content (AvgIpc) is 3.12. The van der Waals surface area contributed by atoms with Gasteiger partial charge in [0.15, 0.2) is 11.5 Å². The number of nitrogen functional groups attached to an aromatic ring is 1. The number of rotatable bonds is 7. The van der Waals surface area contributed by atoms with E-state index in [1.54, 1.807) is 42.3 Å². The molecule has 9 nitrogen and oxygen atoms in total.